The monoisotopic (exact) mass is 454 g/mol. The first-order chi connectivity index (χ1) is 15.2. The lowest BCUT2D eigenvalue weighted by Gasteiger charge is -2.30. The number of aromatic nitrogens is 2. The summed E-state index contributed by atoms with van der Waals surface area (Å²) in [7, 11) is -3.57. The van der Waals surface area contributed by atoms with Crippen molar-refractivity contribution in [3.8, 4) is 11.5 Å². The van der Waals surface area contributed by atoms with Crippen LogP contribution in [0, 0.1) is 19.8 Å². The van der Waals surface area contributed by atoms with Crippen LogP contribution in [0.4, 0.5) is 6.01 Å². The Morgan fingerprint density at radius 2 is 1.88 bits per heavy atom. The molecule has 2 aromatic carbocycles. The minimum absolute atomic E-state index is 0.0241. The third-order valence-electron chi connectivity index (χ3n) is 5.63. The van der Waals surface area contributed by atoms with Crippen molar-refractivity contribution in [2.24, 2.45) is 5.92 Å². The highest BCUT2D eigenvalue weighted by Gasteiger charge is 2.28. The van der Waals surface area contributed by atoms with E-state index in [2.05, 4.69) is 22.4 Å². The predicted octanol–water partition coefficient (Wildman–Crippen LogP) is 4.03. The fourth-order valence-electron chi connectivity index (χ4n) is 3.90. The van der Waals surface area contributed by atoms with Gasteiger partial charge in [0.1, 0.15) is 0 Å². The fourth-order valence-corrected chi connectivity index (χ4v) is 5.50. The van der Waals surface area contributed by atoms with E-state index in [4.69, 9.17) is 4.42 Å². The zero-order chi connectivity index (χ0) is 22.9. The summed E-state index contributed by atoms with van der Waals surface area (Å²) in [5.41, 5.74) is 3.21. The molecule has 32 heavy (non-hydrogen) atoms. The highest BCUT2D eigenvalue weighted by Crippen LogP contribution is 2.26. The number of sulfonamides is 1. The Balaban J connectivity index is 1.46. The molecule has 9 heteroatoms. The van der Waals surface area contributed by atoms with Gasteiger partial charge in [-0.1, -0.05) is 29.7 Å². The quantitative estimate of drug-likeness (QED) is 0.624. The Hall–Kier alpha value is -3.04. The lowest BCUT2D eigenvalue weighted by molar-refractivity contribution is 0.102. The van der Waals surface area contributed by atoms with E-state index in [1.54, 1.807) is 0 Å². The van der Waals surface area contributed by atoms with Crippen LogP contribution in [0.25, 0.3) is 11.5 Å². The summed E-state index contributed by atoms with van der Waals surface area (Å²) in [6, 6.07) is 11.7. The summed E-state index contributed by atoms with van der Waals surface area (Å²) < 4.78 is 32.9. The van der Waals surface area contributed by atoms with Gasteiger partial charge in [-0.3, -0.25) is 10.1 Å². The standard InChI is InChI=1S/C23H26N4O4S/c1-15-6-11-20(17(3)13-15)22-25-26-23(31-22)24-21(28)18-7-9-19(10-8-18)32(29,30)27-12-4-5-16(2)14-27/h6-11,13,16H,4-5,12,14H2,1-3H3,(H,24,26,28)/t16-/m1/s1. The molecule has 4 rings (SSSR count). The van der Waals surface area contributed by atoms with Crippen molar-refractivity contribution in [3.63, 3.8) is 0 Å². The largest absolute Gasteiger partial charge is 0.403 e. The molecular formula is C23H26N4O4S. The number of amides is 1. The van der Waals surface area contributed by atoms with Crippen LogP contribution in [0.5, 0.6) is 0 Å². The molecule has 0 aliphatic carbocycles. The normalized spacial score (nSPS) is 17.3. The van der Waals surface area contributed by atoms with Crippen LogP contribution in [-0.4, -0.2) is 41.9 Å². The average molecular weight is 455 g/mol. The molecule has 168 valence electrons. The van der Waals surface area contributed by atoms with Crippen molar-refractivity contribution in [2.75, 3.05) is 18.4 Å². The molecule has 1 fully saturated rings. The highest BCUT2D eigenvalue weighted by molar-refractivity contribution is 7.89. The Labute approximate surface area is 187 Å². The lowest BCUT2D eigenvalue weighted by Crippen LogP contribution is -2.39. The Kier molecular flexibility index (Phi) is 6.12. The number of rotatable bonds is 5. The van der Waals surface area contributed by atoms with Crippen molar-refractivity contribution < 1.29 is 17.6 Å². The van der Waals surface area contributed by atoms with Gasteiger partial charge in [-0.25, -0.2) is 8.42 Å². The molecule has 3 aromatic rings. The molecule has 0 spiro atoms. The van der Waals surface area contributed by atoms with Crippen LogP contribution in [0.15, 0.2) is 51.8 Å². The maximum atomic E-state index is 12.9. The minimum Gasteiger partial charge on any atom is -0.403 e. The molecule has 1 aliphatic rings. The van der Waals surface area contributed by atoms with Crippen molar-refractivity contribution in [3.05, 3.63) is 59.2 Å². The highest BCUT2D eigenvalue weighted by atomic mass is 32.2. The molecule has 0 radical (unpaired) electrons. The molecule has 1 atom stereocenters. The number of hydrogen-bond donors (Lipinski definition) is 1. The van der Waals surface area contributed by atoms with Crippen LogP contribution in [0.3, 0.4) is 0 Å². The van der Waals surface area contributed by atoms with Gasteiger partial charge in [0, 0.05) is 24.2 Å². The van der Waals surface area contributed by atoms with E-state index in [1.165, 1.54) is 28.6 Å². The van der Waals surface area contributed by atoms with Crippen molar-refractivity contribution in [1.29, 1.82) is 0 Å². The van der Waals surface area contributed by atoms with Crippen LogP contribution < -0.4 is 5.32 Å². The molecule has 1 aliphatic heterocycles. The van der Waals surface area contributed by atoms with Gasteiger partial charge in [0.05, 0.1) is 4.90 Å². The molecule has 8 nitrogen and oxygen atoms in total. The molecule has 0 saturated carbocycles. The summed E-state index contributed by atoms with van der Waals surface area (Å²) in [6.45, 7) is 7.04. The molecule has 1 N–H and O–H groups in total. The maximum Gasteiger partial charge on any atom is 0.322 e. The first-order valence-electron chi connectivity index (χ1n) is 10.6. The van der Waals surface area contributed by atoms with E-state index in [0.717, 1.165) is 29.5 Å². The van der Waals surface area contributed by atoms with Crippen molar-refractivity contribution in [1.82, 2.24) is 14.5 Å². The smallest absolute Gasteiger partial charge is 0.322 e. The molecule has 2 heterocycles. The van der Waals surface area contributed by atoms with Crippen LogP contribution >= 0.6 is 0 Å². The number of carbonyl (C=O) groups is 1. The SMILES string of the molecule is Cc1ccc(-c2nnc(NC(=O)c3ccc(S(=O)(=O)N4CCC[C@@H](C)C4)cc3)o2)c(C)c1. The Bertz CT molecular complexity index is 1240. The number of hydrogen-bond acceptors (Lipinski definition) is 6. The number of carbonyl (C=O) groups excluding carboxylic acids is 1. The number of anilines is 1. The zero-order valence-corrected chi connectivity index (χ0v) is 19.1. The van der Waals surface area contributed by atoms with E-state index in [-0.39, 0.29) is 10.9 Å². The van der Waals surface area contributed by atoms with E-state index in [0.29, 0.717) is 30.5 Å². The van der Waals surface area contributed by atoms with Gasteiger partial charge in [0.15, 0.2) is 0 Å². The topological polar surface area (TPSA) is 105 Å². The van der Waals surface area contributed by atoms with E-state index >= 15 is 0 Å². The molecule has 0 bridgehead atoms. The second-order valence-electron chi connectivity index (χ2n) is 8.32. The lowest BCUT2D eigenvalue weighted by atomic mass is 10.0. The second kappa shape index (κ2) is 8.84. The van der Waals surface area contributed by atoms with Gasteiger partial charge in [0.2, 0.25) is 15.9 Å². The summed E-state index contributed by atoms with van der Waals surface area (Å²) in [5.74, 6) is 0.193. The number of nitrogens with one attached hydrogen (secondary N) is 1. The summed E-state index contributed by atoms with van der Waals surface area (Å²) in [6.07, 6.45) is 1.89. The molecule has 0 unspecified atom stereocenters. The number of aryl methyl sites for hydroxylation is 2. The average Bonchev–Trinajstić information content (AvgIpc) is 3.22. The van der Waals surface area contributed by atoms with Crippen LogP contribution in [0.2, 0.25) is 0 Å². The third kappa shape index (κ3) is 4.58. The molecular weight excluding hydrogens is 428 g/mol. The van der Waals surface area contributed by atoms with Gasteiger partial charge < -0.3 is 4.42 Å². The van der Waals surface area contributed by atoms with Gasteiger partial charge in [-0.05, 0) is 68.5 Å². The first-order valence-corrected chi connectivity index (χ1v) is 12.0. The fraction of sp³-hybridized carbons (Fsp3) is 0.348. The zero-order valence-electron chi connectivity index (χ0n) is 18.3. The van der Waals surface area contributed by atoms with E-state index < -0.39 is 15.9 Å². The Morgan fingerprint density at radius 1 is 1.12 bits per heavy atom. The molecule has 1 amide bonds. The third-order valence-corrected chi connectivity index (χ3v) is 7.51. The number of nitrogens with zero attached hydrogens (tertiary/aromatic N) is 3. The van der Waals surface area contributed by atoms with Crippen molar-refractivity contribution >= 4 is 21.9 Å². The number of benzene rings is 2. The van der Waals surface area contributed by atoms with Crippen LogP contribution in [0.1, 0.15) is 41.3 Å². The van der Waals surface area contributed by atoms with Gasteiger partial charge in [0.25, 0.3) is 5.91 Å². The second-order valence-corrected chi connectivity index (χ2v) is 10.3. The summed E-state index contributed by atoms with van der Waals surface area (Å²) in [4.78, 5) is 12.8. The van der Waals surface area contributed by atoms with E-state index in [9.17, 15) is 13.2 Å². The number of piperidine rings is 1. The van der Waals surface area contributed by atoms with Crippen LogP contribution in [-0.2, 0) is 10.0 Å². The predicted molar refractivity (Wildman–Crippen MR) is 121 cm³/mol. The first kappa shape index (κ1) is 22.2. The van der Waals surface area contributed by atoms with Gasteiger partial charge in [-0.2, -0.15) is 4.31 Å². The Morgan fingerprint density at radius 3 is 2.56 bits per heavy atom. The van der Waals surface area contributed by atoms with Gasteiger partial charge >= 0.3 is 6.01 Å². The van der Waals surface area contributed by atoms with Gasteiger partial charge in [-0.15, -0.1) is 5.10 Å². The maximum absolute atomic E-state index is 12.9. The van der Waals surface area contributed by atoms with E-state index in [1.807, 2.05) is 32.0 Å². The minimum atomic E-state index is -3.57. The molecule has 1 aromatic heterocycles. The summed E-state index contributed by atoms with van der Waals surface area (Å²) >= 11 is 0. The summed E-state index contributed by atoms with van der Waals surface area (Å²) in [5, 5.41) is 10.5. The van der Waals surface area contributed by atoms with Crippen molar-refractivity contribution in [2.45, 2.75) is 38.5 Å². The molecule has 1 saturated heterocycles.